The summed E-state index contributed by atoms with van der Waals surface area (Å²) in [5.41, 5.74) is 1.23. The lowest BCUT2D eigenvalue weighted by molar-refractivity contribution is 0.593. The van der Waals surface area contributed by atoms with Gasteiger partial charge >= 0.3 is 0 Å². The van der Waals surface area contributed by atoms with E-state index in [1.807, 2.05) is 19.2 Å². The van der Waals surface area contributed by atoms with E-state index in [0.29, 0.717) is 0 Å². The predicted molar refractivity (Wildman–Crippen MR) is 52.2 cm³/mol. The molecular formula is C10H17N. The van der Waals surface area contributed by atoms with Crippen LogP contribution in [0.15, 0.2) is 29.8 Å². The molecule has 0 radical (unpaired) electrons. The quantitative estimate of drug-likeness (QED) is 0.425. The normalized spacial score (nSPS) is 14.0. The first-order chi connectivity index (χ1) is 5.02. The number of hydrogen-bond donors (Lipinski definition) is 0. The summed E-state index contributed by atoms with van der Waals surface area (Å²) in [6.45, 7) is 10.0. The van der Waals surface area contributed by atoms with Crippen molar-refractivity contribution < 1.29 is 0 Å². The van der Waals surface area contributed by atoms with E-state index in [2.05, 4.69) is 32.3 Å². The zero-order valence-electron chi connectivity index (χ0n) is 7.89. The van der Waals surface area contributed by atoms with Crippen LogP contribution in [0.1, 0.15) is 20.8 Å². The maximum absolute atomic E-state index is 4.18. The van der Waals surface area contributed by atoms with E-state index in [1.165, 1.54) is 0 Å². The molecule has 11 heavy (non-hydrogen) atoms. The molecular weight excluding hydrogens is 134 g/mol. The lowest BCUT2D eigenvalue weighted by Gasteiger charge is -2.17. The third-order valence-electron chi connectivity index (χ3n) is 1.40. The molecule has 0 aromatic carbocycles. The minimum absolute atomic E-state index is 0.133. The van der Waals surface area contributed by atoms with Crippen molar-refractivity contribution in [3.63, 3.8) is 0 Å². The Morgan fingerprint density at radius 1 is 1.36 bits per heavy atom. The van der Waals surface area contributed by atoms with Gasteiger partial charge in [0.05, 0.1) is 0 Å². The fourth-order valence-corrected chi connectivity index (χ4v) is 0.819. The second-order valence-electron chi connectivity index (χ2n) is 3.45. The molecule has 0 heterocycles. The number of allylic oxidation sites excluding steroid dienone is 3. The number of aliphatic imine (C=N–C) groups is 1. The zero-order chi connectivity index (χ0) is 8.91. The highest BCUT2D eigenvalue weighted by molar-refractivity contribution is 5.99. The smallest absolute Gasteiger partial charge is 0.0398 e. The van der Waals surface area contributed by atoms with Gasteiger partial charge in [0.25, 0.3) is 0 Å². The van der Waals surface area contributed by atoms with Crippen molar-refractivity contribution in [2.75, 3.05) is 7.05 Å². The molecule has 0 atom stereocenters. The molecule has 0 amide bonds. The highest BCUT2D eigenvalue weighted by Gasteiger charge is 2.14. The van der Waals surface area contributed by atoms with Gasteiger partial charge in [-0.25, -0.2) is 0 Å². The molecule has 1 nitrogen and oxygen atoms in total. The number of rotatable bonds is 2. The molecule has 0 saturated heterocycles. The molecule has 1 heteroatoms. The third-order valence-corrected chi connectivity index (χ3v) is 1.40. The van der Waals surface area contributed by atoms with Crippen LogP contribution in [0.4, 0.5) is 0 Å². The van der Waals surface area contributed by atoms with Crippen LogP contribution in [0.2, 0.25) is 0 Å². The van der Waals surface area contributed by atoms with Crippen molar-refractivity contribution in [2.24, 2.45) is 10.4 Å². The molecule has 0 unspecified atom stereocenters. The predicted octanol–water partition coefficient (Wildman–Crippen LogP) is 2.85. The molecule has 0 aliphatic carbocycles. The fourth-order valence-electron chi connectivity index (χ4n) is 0.819. The van der Waals surface area contributed by atoms with Crippen LogP contribution in [0, 0.1) is 5.41 Å². The lowest BCUT2D eigenvalue weighted by atomic mass is 9.89. The highest BCUT2D eigenvalue weighted by atomic mass is 14.7. The Morgan fingerprint density at radius 3 is 2.18 bits per heavy atom. The summed E-state index contributed by atoms with van der Waals surface area (Å²) in [5, 5.41) is 0. The van der Waals surface area contributed by atoms with E-state index in [9.17, 15) is 0 Å². The number of hydrogen-bond acceptors (Lipinski definition) is 1. The maximum Gasteiger partial charge on any atom is 0.0398 e. The average molecular weight is 151 g/mol. The Hall–Kier alpha value is -0.850. The van der Waals surface area contributed by atoms with Gasteiger partial charge in [-0.05, 0) is 6.08 Å². The number of nitrogens with zero attached hydrogens (tertiary/aromatic N) is 1. The van der Waals surface area contributed by atoms with E-state index in [1.54, 1.807) is 6.08 Å². The van der Waals surface area contributed by atoms with Gasteiger partial charge in [0.1, 0.15) is 0 Å². The topological polar surface area (TPSA) is 12.4 Å². The van der Waals surface area contributed by atoms with Crippen LogP contribution >= 0.6 is 0 Å². The van der Waals surface area contributed by atoms with Gasteiger partial charge in [-0.3, -0.25) is 4.99 Å². The summed E-state index contributed by atoms with van der Waals surface area (Å²) in [7, 11) is 1.81. The third kappa shape index (κ3) is 3.76. The van der Waals surface area contributed by atoms with E-state index in [-0.39, 0.29) is 5.41 Å². The summed E-state index contributed by atoms with van der Waals surface area (Å²) in [5.74, 6) is 0. The van der Waals surface area contributed by atoms with Gasteiger partial charge in [0.2, 0.25) is 0 Å². The lowest BCUT2D eigenvalue weighted by Crippen LogP contribution is -2.17. The van der Waals surface area contributed by atoms with Gasteiger partial charge < -0.3 is 0 Å². The largest absolute Gasteiger partial charge is 0.293 e. The monoisotopic (exact) mass is 151 g/mol. The Morgan fingerprint density at radius 2 is 1.91 bits per heavy atom. The Bertz CT molecular complexity index is 180. The van der Waals surface area contributed by atoms with Crippen LogP contribution in [0.25, 0.3) is 0 Å². The van der Waals surface area contributed by atoms with E-state index >= 15 is 0 Å². The van der Waals surface area contributed by atoms with E-state index in [0.717, 1.165) is 5.71 Å². The molecule has 0 bridgehead atoms. The van der Waals surface area contributed by atoms with Crippen LogP contribution in [0.3, 0.4) is 0 Å². The molecule has 0 aliphatic rings. The van der Waals surface area contributed by atoms with Crippen LogP contribution in [-0.2, 0) is 0 Å². The van der Waals surface area contributed by atoms with Gasteiger partial charge in [-0.1, -0.05) is 39.5 Å². The minimum Gasteiger partial charge on any atom is -0.293 e. The van der Waals surface area contributed by atoms with Crippen LogP contribution in [-0.4, -0.2) is 12.8 Å². The first-order valence-corrected chi connectivity index (χ1v) is 3.78. The second kappa shape index (κ2) is 4.12. The van der Waals surface area contributed by atoms with Gasteiger partial charge in [-0.15, -0.1) is 0 Å². The Balaban J connectivity index is 4.45. The van der Waals surface area contributed by atoms with Gasteiger partial charge in [0, 0.05) is 18.2 Å². The standard InChI is InChI=1S/C10H17N/c1-6-7-8-9(11-5)10(2,3)4/h6-8H,1H2,2-5H3/b8-7-,11-9+. The summed E-state index contributed by atoms with van der Waals surface area (Å²) in [4.78, 5) is 4.18. The molecule has 0 aliphatic heterocycles. The average Bonchev–Trinajstić information content (AvgIpc) is 1.87. The molecule has 62 valence electrons. The van der Waals surface area contributed by atoms with Gasteiger partial charge in [0.15, 0.2) is 0 Å². The molecule has 0 saturated carbocycles. The SMILES string of the molecule is C=C/C=C\C(=N/C)C(C)(C)C. The molecule has 0 spiro atoms. The molecule has 0 aromatic heterocycles. The molecule has 0 aromatic rings. The van der Waals surface area contributed by atoms with Crippen molar-refractivity contribution in [1.82, 2.24) is 0 Å². The first kappa shape index (κ1) is 10.2. The molecule has 0 N–H and O–H groups in total. The minimum atomic E-state index is 0.133. The summed E-state index contributed by atoms with van der Waals surface area (Å²) < 4.78 is 0. The van der Waals surface area contributed by atoms with E-state index in [4.69, 9.17) is 0 Å². The second-order valence-corrected chi connectivity index (χ2v) is 3.45. The van der Waals surface area contributed by atoms with Crippen LogP contribution in [0.5, 0.6) is 0 Å². The van der Waals surface area contributed by atoms with E-state index < -0.39 is 0 Å². The summed E-state index contributed by atoms with van der Waals surface area (Å²) >= 11 is 0. The van der Waals surface area contributed by atoms with Crippen molar-refractivity contribution in [1.29, 1.82) is 0 Å². The highest BCUT2D eigenvalue weighted by Crippen LogP contribution is 2.16. The fraction of sp³-hybridized carbons (Fsp3) is 0.500. The zero-order valence-corrected chi connectivity index (χ0v) is 7.89. The van der Waals surface area contributed by atoms with Crippen molar-refractivity contribution >= 4 is 5.71 Å². The Labute approximate surface area is 69.5 Å². The molecule has 0 fully saturated rings. The van der Waals surface area contributed by atoms with Crippen LogP contribution < -0.4 is 0 Å². The maximum atomic E-state index is 4.18. The van der Waals surface area contributed by atoms with Crippen molar-refractivity contribution in [2.45, 2.75) is 20.8 Å². The Kier molecular flexibility index (Phi) is 3.80. The summed E-state index contributed by atoms with van der Waals surface area (Å²) in [6, 6.07) is 0. The van der Waals surface area contributed by atoms with Crippen molar-refractivity contribution in [3.05, 3.63) is 24.8 Å². The van der Waals surface area contributed by atoms with Crippen molar-refractivity contribution in [3.8, 4) is 0 Å². The molecule has 0 rings (SSSR count). The first-order valence-electron chi connectivity index (χ1n) is 3.78. The van der Waals surface area contributed by atoms with Gasteiger partial charge in [-0.2, -0.15) is 0 Å². The summed E-state index contributed by atoms with van der Waals surface area (Å²) in [6.07, 6.45) is 5.66.